The molecule has 3 heteroatoms. The molecule has 1 aromatic heterocycles. The van der Waals surface area contributed by atoms with Gasteiger partial charge in [-0.1, -0.05) is 38.1 Å². The first kappa shape index (κ1) is 16.9. The van der Waals surface area contributed by atoms with Crippen LogP contribution in [-0.2, 0) is 19.4 Å². The van der Waals surface area contributed by atoms with Gasteiger partial charge in [0.15, 0.2) is 0 Å². The molecule has 0 bridgehead atoms. The Balaban J connectivity index is 1.89. The lowest BCUT2D eigenvalue weighted by Crippen LogP contribution is -2.12. The Bertz CT molecular complexity index is 981. The first-order valence-electron chi connectivity index (χ1n) is 9.51. The van der Waals surface area contributed by atoms with E-state index in [1.165, 1.54) is 40.6 Å². The molecule has 134 valence electrons. The average molecular weight is 347 g/mol. The van der Waals surface area contributed by atoms with Crippen molar-refractivity contribution >= 4 is 16.9 Å². The molecule has 0 saturated heterocycles. The minimum atomic E-state index is -0.854. The predicted molar refractivity (Wildman–Crippen MR) is 105 cm³/mol. The van der Waals surface area contributed by atoms with Crippen molar-refractivity contribution in [3.8, 4) is 0 Å². The number of carbonyl (C=O) groups is 1. The standard InChI is InChI=1S/C23H25NO2/c1-15(2)16-11-12-22-20(13-16)19-9-5-6-10-21(19)24(22)14-17-7-3-4-8-18(17)23(25)26/h3-4,7-8,11-13,15H,5-6,9-10,14H2,1-2H3,(H,25,26). The molecule has 0 amide bonds. The second-order valence-electron chi connectivity index (χ2n) is 7.61. The van der Waals surface area contributed by atoms with Crippen molar-refractivity contribution in [2.75, 3.05) is 0 Å². The molecule has 0 aliphatic heterocycles. The molecular formula is C23H25NO2. The summed E-state index contributed by atoms with van der Waals surface area (Å²) in [6.45, 7) is 5.08. The fraction of sp³-hybridized carbons (Fsp3) is 0.348. The van der Waals surface area contributed by atoms with E-state index < -0.39 is 5.97 Å². The van der Waals surface area contributed by atoms with Crippen LogP contribution >= 0.6 is 0 Å². The van der Waals surface area contributed by atoms with Gasteiger partial charge in [-0.2, -0.15) is 0 Å². The quantitative estimate of drug-likeness (QED) is 0.687. The highest BCUT2D eigenvalue weighted by Crippen LogP contribution is 2.34. The minimum Gasteiger partial charge on any atom is -0.478 e. The summed E-state index contributed by atoms with van der Waals surface area (Å²) < 4.78 is 2.36. The summed E-state index contributed by atoms with van der Waals surface area (Å²) in [4.78, 5) is 11.6. The van der Waals surface area contributed by atoms with Crippen LogP contribution in [0.15, 0.2) is 42.5 Å². The van der Waals surface area contributed by atoms with Crippen LogP contribution in [0.2, 0.25) is 0 Å². The number of aryl methyl sites for hydroxylation is 1. The smallest absolute Gasteiger partial charge is 0.336 e. The number of rotatable bonds is 4. The summed E-state index contributed by atoms with van der Waals surface area (Å²) in [5.74, 6) is -0.345. The fourth-order valence-corrected chi connectivity index (χ4v) is 4.23. The van der Waals surface area contributed by atoms with E-state index in [1.54, 1.807) is 12.1 Å². The van der Waals surface area contributed by atoms with E-state index in [-0.39, 0.29) is 0 Å². The Labute approximate surface area is 154 Å². The normalized spacial score (nSPS) is 14.0. The van der Waals surface area contributed by atoms with Crippen LogP contribution in [0.3, 0.4) is 0 Å². The second-order valence-corrected chi connectivity index (χ2v) is 7.61. The van der Waals surface area contributed by atoms with Gasteiger partial charge in [-0.3, -0.25) is 0 Å². The van der Waals surface area contributed by atoms with Crippen LogP contribution in [-0.4, -0.2) is 15.6 Å². The Morgan fingerprint density at radius 3 is 2.65 bits per heavy atom. The molecule has 0 unspecified atom stereocenters. The zero-order valence-electron chi connectivity index (χ0n) is 15.5. The van der Waals surface area contributed by atoms with Gasteiger partial charge in [0.25, 0.3) is 0 Å². The van der Waals surface area contributed by atoms with Gasteiger partial charge >= 0.3 is 5.97 Å². The molecule has 1 aliphatic carbocycles. The summed E-state index contributed by atoms with van der Waals surface area (Å²) in [5.41, 5.74) is 6.75. The highest BCUT2D eigenvalue weighted by molar-refractivity contribution is 5.90. The number of hydrogen-bond acceptors (Lipinski definition) is 1. The van der Waals surface area contributed by atoms with Crippen LogP contribution in [0.1, 0.15) is 65.3 Å². The van der Waals surface area contributed by atoms with E-state index in [4.69, 9.17) is 0 Å². The molecule has 26 heavy (non-hydrogen) atoms. The van der Waals surface area contributed by atoms with Crippen molar-refractivity contribution in [3.05, 3.63) is 70.4 Å². The van der Waals surface area contributed by atoms with E-state index in [1.807, 2.05) is 12.1 Å². The van der Waals surface area contributed by atoms with Crippen molar-refractivity contribution < 1.29 is 9.90 Å². The number of aromatic carboxylic acids is 1. The van der Waals surface area contributed by atoms with Gasteiger partial charge in [0.05, 0.1) is 5.56 Å². The summed E-state index contributed by atoms with van der Waals surface area (Å²) >= 11 is 0. The van der Waals surface area contributed by atoms with E-state index in [2.05, 4.69) is 36.6 Å². The largest absolute Gasteiger partial charge is 0.478 e. The number of carboxylic acids is 1. The van der Waals surface area contributed by atoms with Crippen LogP contribution < -0.4 is 0 Å². The monoisotopic (exact) mass is 347 g/mol. The summed E-state index contributed by atoms with van der Waals surface area (Å²) in [6.07, 6.45) is 4.65. The maximum Gasteiger partial charge on any atom is 0.336 e. The predicted octanol–water partition coefficient (Wildman–Crippen LogP) is 5.39. The Morgan fingerprint density at radius 1 is 1.12 bits per heavy atom. The molecule has 0 atom stereocenters. The number of aromatic nitrogens is 1. The summed E-state index contributed by atoms with van der Waals surface area (Å²) in [5, 5.41) is 10.9. The lowest BCUT2D eigenvalue weighted by Gasteiger charge is -2.17. The van der Waals surface area contributed by atoms with Crippen molar-refractivity contribution in [2.24, 2.45) is 0 Å². The number of carboxylic acid groups (broad SMARTS) is 1. The van der Waals surface area contributed by atoms with Gasteiger partial charge in [0, 0.05) is 23.1 Å². The van der Waals surface area contributed by atoms with Crippen molar-refractivity contribution in [1.29, 1.82) is 0 Å². The molecule has 1 aliphatic rings. The Hall–Kier alpha value is -2.55. The molecule has 1 heterocycles. The maximum absolute atomic E-state index is 11.6. The van der Waals surface area contributed by atoms with E-state index in [9.17, 15) is 9.90 Å². The molecular weight excluding hydrogens is 322 g/mol. The van der Waals surface area contributed by atoms with Gasteiger partial charge < -0.3 is 9.67 Å². The third kappa shape index (κ3) is 2.82. The first-order valence-corrected chi connectivity index (χ1v) is 9.51. The van der Waals surface area contributed by atoms with Crippen LogP contribution in [0.4, 0.5) is 0 Å². The van der Waals surface area contributed by atoms with E-state index in [0.29, 0.717) is 18.0 Å². The lowest BCUT2D eigenvalue weighted by atomic mass is 9.93. The van der Waals surface area contributed by atoms with E-state index in [0.717, 1.165) is 18.4 Å². The molecule has 1 N–H and O–H groups in total. The van der Waals surface area contributed by atoms with Crippen molar-refractivity contribution in [2.45, 2.75) is 52.0 Å². The minimum absolute atomic E-state index is 0.401. The lowest BCUT2D eigenvalue weighted by molar-refractivity contribution is 0.0695. The van der Waals surface area contributed by atoms with Gasteiger partial charge in [-0.25, -0.2) is 4.79 Å². The summed E-state index contributed by atoms with van der Waals surface area (Å²) in [7, 11) is 0. The van der Waals surface area contributed by atoms with Gasteiger partial charge in [0.1, 0.15) is 0 Å². The van der Waals surface area contributed by atoms with Gasteiger partial charge in [-0.15, -0.1) is 0 Å². The molecule has 3 aromatic rings. The highest BCUT2D eigenvalue weighted by Gasteiger charge is 2.21. The summed E-state index contributed by atoms with van der Waals surface area (Å²) in [6, 6.07) is 14.2. The van der Waals surface area contributed by atoms with Crippen LogP contribution in [0.25, 0.3) is 10.9 Å². The number of nitrogens with zero attached hydrogens (tertiary/aromatic N) is 1. The Morgan fingerprint density at radius 2 is 1.88 bits per heavy atom. The number of fused-ring (bicyclic) bond motifs is 3. The highest BCUT2D eigenvalue weighted by atomic mass is 16.4. The first-order chi connectivity index (χ1) is 12.6. The fourth-order valence-electron chi connectivity index (χ4n) is 4.23. The third-order valence-corrected chi connectivity index (χ3v) is 5.64. The topological polar surface area (TPSA) is 42.2 Å². The molecule has 0 radical (unpaired) electrons. The number of benzene rings is 2. The average Bonchev–Trinajstić information content (AvgIpc) is 2.95. The van der Waals surface area contributed by atoms with Crippen molar-refractivity contribution in [1.82, 2.24) is 4.57 Å². The maximum atomic E-state index is 11.6. The van der Waals surface area contributed by atoms with Crippen LogP contribution in [0, 0.1) is 0 Å². The molecule has 0 spiro atoms. The van der Waals surface area contributed by atoms with Crippen molar-refractivity contribution in [3.63, 3.8) is 0 Å². The molecule has 4 rings (SSSR count). The molecule has 0 fully saturated rings. The zero-order valence-corrected chi connectivity index (χ0v) is 15.5. The zero-order chi connectivity index (χ0) is 18.3. The molecule has 0 saturated carbocycles. The second kappa shape index (κ2) is 6.64. The third-order valence-electron chi connectivity index (χ3n) is 5.64. The van der Waals surface area contributed by atoms with Crippen LogP contribution in [0.5, 0.6) is 0 Å². The number of hydrogen-bond donors (Lipinski definition) is 1. The van der Waals surface area contributed by atoms with Gasteiger partial charge in [0.2, 0.25) is 0 Å². The van der Waals surface area contributed by atoms with Gasteiger partial charge in [-0.05, 0) is 66.5 Å². The van der Waals surface area contributed by atoms with E-state index >= 15 is 0 Å². The molecule has 3 nitrogen and oxygen atoms in total. The SMILES string of the molecule is CC(C)c1ccc2c(c1)c1c(n2Cc2ccccc2C(=O)O)CCCC1. The Kier molecular flexibility index (Phi) is 4.31. The molecule has 2 aromatic carbocycles.